The van der Waals surface area contributed by atoms with Crippen molar-refractivity contribution in [2.24, 2.45) is 11.8 Å². The van der Waals surface area contributed by atoms with Gasteiger partial charge in [-0.3, -0.25) is 4.79 Å². The van der Waals surface area contributed by atoms with E-state index < -0.39 is 23.6 Å². The summed E-state index contributed by atoms with van der Waals surface area (Å²) >= 11 is 1.61. The topological polar surface area (TPSA) is 93.1 Å². The first-order valence-electron chi connectivity index (χ1n) is 13.2. The Bertz CT molecular complexity index is 1360. The zero-order valence-electron chi connectivity index (χ0n) is 23.5. The van der Waals surface area contributed by atoms with Gasteiger partial charge >= 0.3 is 12.1 Å². The Balaban J connectivity index is 1.59. The molecular weight excluding hydrogens is 526 g/mol. The summed E-state index contributed by atoms with van der Waals surface area (Å²) in [6.07, 6.45) is 2.08. The number of carbonyl (C=O) groups is 3. The van der Waals surface area contributed by atoms with E-state index in [0.29, 0.717) is 30.0 Å². The molecule has 0 spiro atoms. The number of likely N-dealkylation sites (tertiary alicyclic amines) is 1. The molecule has 1 amide bonds. The maximum atomic E-state index is 13.7. The molecule has 1 N–H and O–H groups in total. The number of amides is 1. The number of nitrogens with zero attached hydrogens (tertiary/aromatic N) is 1. The molecule has 0 saturated carbocycles. The number of rotatable bonds is 9. The number of aryl methyl sites for hydroxylation is 2. The number of ether oxygens (including phenoxy) is 2. The van der Waals surface area contributed by atoms with E-state index >= 15 is 0 Å². The number of aliphatic carboxylic acids is 1. The molecule has 2 atom stereocenters. The number of ketones is 1. The predicted octanol–water partition coefficient (Wildman–Crippen LogP) is 6.44. The summed E-state index contributed by atoms with van der Waals surface area (Å²) in [6.45, 7) is 7.46. The third-order valence-corrected chi connectivity index (χ3v) is 7.99. The van der Waals surface area contributed by atoms with Gasteiger partial charge in [-0.1, -0.05) is 42.5 Å². The van der Waals surface area contributed by atoms with Gasteiger partial charge < -0.3 is 19.5 Å². The van der Waals surface area contributed by atoms with Gasteiger partial charge in [0, 0.05) is 29.5 Å². The highest BCUT2D eigenvalue weighted by atomic mass is 32.2. The quantitative estimate of drug-likeness (QED) is 0.237. The van der Waals surface area contributed by atoms with Gasteiger partial charge in [-0.05, 0) is 87.2 Å². The molecule has 8 heteroatoms. The first-order chi connectivity index (χ1) is 19.0. The highest BCUT2D eigenvalue weighted by Gasteiger charge is 2.40. The number of carbonyl (C=O) groups excluding carboxylic acids is 2. The minimum absolute atomic E-state index is 0.00395. The fourth-order valence-corrected chi connectivity index (χ4v) is 5.48. The Kier molecular flexibility index (Phi) is 8.88. The second kappa shape index (κ2) is 12.2. The summed E-state index contributed by atoms with van der Waals surface area (Å²) < 4.78 is 11.5. The number of carboxylic acid groups (broad SMARTS) is 1. The molecule has 7 nitrogen and oxygen atoms in total. The molecule has 0 aliphatic carbocycles. The van der Waals surface area contributed by atoms with Gasteiger partial charge in [0.25, 0.3) is 0 Å². The number of hydrogen-bond donors (Lipinski definition) is 1. The van der Waals surface area contributed by atoms with E-state index in [0.717, 1.165) is 21.6 Å². The van der Waals surface area contributed by atoms with E-state index in [4.69, 9.17) is 9.47 Å². The Morgan fingerprint density at radius 1 is 0.975 bits per heavy atom. The molecule has 0 radical (unpaired) electrons. The SMILES string of the molecule is CSc1ccc(C(=O)C2CN(C(=O)Oc3ccccc3)C[C@@H]2Cc2cc(C)c(OC(C)(C)C(=O)O)c(C)c2)cc1. The largest absolute Gasteiger partial charge is 0.478 e. The second-order valence-corrected chi connectivity index (χ2v) is 11.6. The van der Waals surface area contributed by atoms with Crippen molar-refractivity contribution in [3.05, 3.63) is 89.0 Å². The Morgan fingerprint density at radius 3 is 2.17 bits per heavy atom. The fraction of sp³-hybridized carbons (Fsp3) is 0.344. The lowest BCUT2D eigenvalue weighted by Crippen LogP contribution is -2.38. The summed E-state index contributed by atoms with van der Waals surface area (Å²) in [4.78, 5) is 41.1. The molecule has 210 valence electrons. The van der Waals surface area contributed by atoms with Crippen molar-refractivity contribution < 1.29 is 29.0 Å². The number of carboxylic acids is 1. The van der Waals surface area contributed by atoms with E-state index in [1.165, 1.54) is 13.8 Å². The van der Waals surface area contributed by atoms with Gasteiger partial charge in [-0.25, -0.2) is 9.59 Å². The highest BCUT2D eigenvalue weighted by Crippen LogP contribution is 2.34. The first kappa shape index (κ1) is 29.2. The van der Waals surface area contributed by atoms with Crippen LogP contribution in [0.15, 0.2) is 71.6 Å². The number of Topliss-reactive ketones (excluding diaryl/α,β-unsaturated/α-hetero) is 1. The summed E-state index contributed by atoms with van der Waals surface area (Å²) in [5.41, 5.74) is 1.88. The maximum Gasteiger partial charge on any atom is 0.415 e. The third kappa shape index (κ3) is 6.67. The fourth-order valence-electron chi connectivity index (χ4n) is 5.07. The molecule has 1 saturated heterocycles. The van der Waals surface area contributed by atoms with Crippen molar-refractivity contribution in [2.45, 2.75) is 44.6 Å². The molecule has 40 heavy (non-hydrogen) atoms. The minimum atomic E-state index is -1.37. The van der Waals surface area contributed by atoms with Crippen LogP contribution < -0.4 is 9.47 Å². The van der Waals surface area contributed by atoms with Crippen molar-refractivity contribution >= 4 is 29.6 Å². The number of para-hydroxylation sites is 1. The smallest absolute Gasteiger partial charge is 0.415 e. The van der Waals surface area contributed by atoms with E-state index in [2.05, 4.69) is 0 Å². The van der Waals surface area contributed by atoms with Crippen molar-refractivity contribution in [1.82, 2.24) is 4.90 Å². The van der Waals surface area contributed by atoms with Crippen LogP contribution in [0, 0.1) is 25.7 Å². The van der Waals surface area contributed by atoms with Gasteiger partial charge in [-0.15, -0.1) is 11.8 Å². The molecule has 1 aliphatic heterocycles. The van der Waals surface area contributed by atoms with Gasteiger partial charge in [-0.2, -0.15) is 0 Å². The maximum absolute atomic E-state index is 13.7. The lowest BCUT2D eigenvalue weighted by atomic mass is 9.84. The van der Waals surface area contributed by atoms with Crippen LogP contribution in [0.2, 0.25) is 0 Å². The molecule has 1 heterocycles. The van der Waals surface area contributed by atoms with Crippen LogP contribution in [-0.4, -0.2) is 52.8 Å². The van der Waals surface area contributed by atoms with E-state index in [-0.39, 0.29) is 18.2 Å². The van der Waals surface area contributed by atoms with E-state index in [1.54, 1.807) is 40.9 Å². The molecule has 3 aromatic carbocycles. The molecule has 1 aliphatic rings. The predicted molar refractivity (Wildman–Crippen MR) is 156 cm³/mol. The van der Waals surface area contributed by atoms with Crippen LogP contribution in [0.5, 0.6) is 11.5 Å². The van der Waals surface area contributed by atoms with Gasteiger partial charge in [0.15, 0.2) is 11.4 Å². The zero-order valence-corrected chi connectivity index (χ0v) is 24.3. The van der Waals surface area contributed by atoms with Crippen molar-refractivity contribution in [1.29, 1.82) is 0 Å². The summed E-state index contributed by atoms with van der Waals surface area (Å²) in [6, 6.07) is 20.4. The van der Waals surface area contributed by atoms with Gasteiger partial charge in [0.05, 0.1) is 0 Å². The number of hydrogen-bond acceptors (Lipinski definition) is 6. The molecule has 1 unspecified atom stereocenters. The average Bonchev–Trinajstić information content (AvgIpc) is 3.34. The second-order valence-electron chi connectivity index (χ2n) is 10.7. The standard InChI is InChI=1S/C32H35NO6S/c1-20-15-22(16-21(2)29(20)39-32(3,4)30(35)36)17-24-18-33(31(37)38-25-9-7-6-8-10-25)19-27(24)28(34)23-11-13-26(40-5)14-12-23/h6-16,24,27H,17-19H2,1-5H3,(H,35,36)/t24-,27?/m0/s1. The van der Waals surface area contributed by atoms with Crippen molar-refractivity contribution in [3.63, 3.8) is 0 Å². The number of benzene rings is 3. The monoisotopic (exact) mass is 561 g/mol. The molecule has 4 rings (SSSR count). The average molecular weight is 562 g/mol. The summed E-state index contributed by atoms with van der Waals surface area (Å²) in [7, 11) is 0. The molecule has 1 fully saturated rings. The molecular formula is C32H35NO6S. The van der Waals surface area contributed by atoms with Gasteiger partial charge in [0.2, 0.25) is 0 Å². The normalized spacial score (nSPS) is 17.0. The minimum Gasteiger partial charge on any atom is -0.478 e. The van der Waals surface area contributed by atoms with E-state index in [9.17, 15) is 19.5 Å². The number of thioether (sulfide) groups is 1. The van der Waals surface area contributed by atoms with Crippen molar-refractivity contribution in [2.75, 3.05) is 19.3 Å². The van der Waals surface area contributed by atoms with Crippen LogP contribution in [0.4, 0.5) is 4.79 Å². The van der Waals surface area contributed by atoms with Crippen LogP contribution in [0.1, 0.15) is 40.9 Å². The summed E-state index contributed by atoms with van der Waals surface area (Å²) in [5.74, 6) is -0.572. The van der Waals surface area contributed by atoms with Crippen LogP contribution >= 0.6 is 11.8 Å². The van der Waals surface area contributed by atoms with Crippen LogP contribution in [-0.2, 0) is 11.2 Å². The van der Waals surface area contributed by atoms with Crippen LogP contribution in [0.25, 0.3) is 0 Å². The Morgan fingerprint density at radius 2 is 1.60 bits per heavy atom. The highest BCUT2D eigenvalue weighted by molar-refractivity contribution is 7.98. The molecule has 0 aromatic heterocycles. The molecule has 3 aromatic rings. The van der Waals surface area contributed by atoms with E-state index in [1.807, 2.05) is 62.6 Å². The lowest BCUT2D eigenvalue weighted by Gasteiger charge is -2.25. The van der Waals surface area contributed by atoms with Crippen LogP contribution in [0.3, 0.4) is 0 Å². The molecule has 0 bridgehead atoms. The van der Waals surface area contributed by atoms with Gasteiger partial charge in [0.1, 0.15) is 11.5 Å². The zero-order chi connectivity index (χ0) is 29.0. The Hall–Kier alpha value is -3.78. The lowest BCUT2D eigenvalue weighted by molar-refractivity contribution is -0.152. The first-order valence-corrected chi connectivity index (χ1v) is 14.4. The summed E-state index contributed by atoms with van der Waals surface area (Å²) in [5, 5.41) is 9.50. The third-order valence-electron chi connectivity index (χ3n) is 7.25. The Labute approximate surface area is 239 Å². The van der Waals surface area contributed by atoms with Crippen molar-refractivity contribution in [3.8, 4) is 11.5 Å².